The van der Waals surface area contributed by atoms with Gasteiger partial charge in [0.25, 0.3) is 0 Å². The maximum Gasteiger partial charge on any atom is 0.240 e. The highest BCUT2D eigenvalue weighted by atomic mass is 32.2. The average Bonchev–Trinajstić information content (AvgIpc) is 2.70. The molecule has 2 rings (SSSR count). The quantitative estimate of drug-likeness (QED) is 0.658. The molecule has 0 aliphatic rings. The topological polar surface area (TPSA) is 129 Å². The molecule has 9 heteroatoms. The summed E-state index contributed by atoms with van der Waals surface area (Å²) in [5, 5.41) is 15.8. The number of aromatic nitrogens is 3. The standard InChI is InChI=1S/C10H14N6O2S/c1-16-6-14-15-10(16)5-13-7-2-3-9(8(11)4-7)19(12,17)18/h2-4,6,13H,5,11H2,1H3,(H2,12,17,18). The number of nitrogen functional groups attached to an aromatic ring is 1. The number of rotatable bonds is 4. The summed E-state index contributed by atoms with van der Waals surface area (Å²) >= 11 is 0. The van der Waals surface area contributed by atoms with Gasteiger partial charge in [0.05, 0.1) is 12.2 Å². The minimum Gasteiger partial charge on any atom is -0.398 e. The highest BCUT2D eigenvalue weighted by molar-refractivity contribution is 7.89. The van der Waals surface area contributed by atoms with Gasteiger partial charge in [-0.25, -0.2) is 13.6 Å². The third kappa shape index (κ3) is 3.01. The molecule has 0 aliphatic heterocycles. The van der Waals surface area contributed by atoms with Crippen LogP contribution in [-0.4, -0.2) is 23.2 Å². The van der Waals surface area contributed by atoms with E-state index < -0.39 is 10.0 Å². The highest BCUT2D eigenvalue weighted by Gasteiger charge is 2.12. The summed E-state index contributed by atoms with van der Waals surface area (Å²) in [7, 11) is -1.97. The Hall–Kier alpha value is -2.13. The molecule has 0 atom stereocenters. The van der Waals surface area contributed by atoms with Crippen LogP contribution in [0.2, 0.25) is 0 Å². The van der Waals surface area contributed by atoms with Crippen molar-refractivity contribution in [3.05, 3.63) is 30.4 Å². The van der Waals surface area contributed by atoms with E-state index in [-0.39, 0.29) is 10.6 Å². The van der Waals surface area contributed by atoms with E-state index in [1.807, 2.05) is 7.05 Å². The predicted octanol–water partition coefficient (Wildman–Crippen LogP) is -0.343. The Bertz CT molecular complexity index is 694. The van der Waals surface area contributed by atoms with Crippen LogP contribution >= 0.6 is 0 Å². The Labute approximate surface area is 110 Å². The monoisotopic (exact) mass is 282 g/mol. The van der Waals surface area contributed by atoms with Crippen molar-refractivity contribution in [2.24, 2.45) is 12.2 Å². The molecule has 8 nitrogen and oxygen atoms in total. The summed E-state index contributed by atoms with van der Waals surface area (Å²) in [5.41, 5.74) is 6.43. The van der Waals surface area contributed by atoms with Crippen LogP contribution in [0.15, 0.2) is 29.4 Å². The number of benzene rings is 1. The third-order valence-electron chi connectivity index (χ3n) is 2.57. The number of anilines is 2. The van der Waals surface area contributed by atoms with Gasteiger partial charge in [-0.1, -0.05) is 0 Å². The first-order valence-corrected chi connectivity index (χ1v) is 6.91. The van der Waals surface area contributed by atoms with E-state index in [0.29, 0.717) is 12.2 Å². The van der Waals surface area contributed by atoms with Crippen LogP contribution in [0.5, 0.6) is 0 Å². The molecule has 0 saturated heterocycles. The Morgan fingerprint density at radius 3 is 2.68 bits per heavy atom. The summed E-state index contributed by atoms with van der Waals surface area (Å²) in [6, 6.07) is 4.46. The smallest absolute Gasteiger partial charge is 0.240 e. The van der Waals surface area contributed by atoms with Gasteiger partial charge in [-0.2, -0.15) is 0 Å². The molecule has 1 aromatic carbocycles. The Morgan fingerprint density at radius 1 is 1.42 bits per heavy atom. The Balaban J connectivity index is 2.15. The fraction of sp³-hybridized carbons (Fsp3) is 0.200. The van der Waals surface area contributed by atoms with E-state index in [1.54, 1.807) is 17.0 Å². The number of sulfonamides is 1. The molecule has 0 fully saturated rings. The number of aryl methyl sites for hydroxylation is 1. The second kappa shape index (κ2) is 4.86. The SMILES string of the molecule is Cn1cnnc1CNc1ccc(S(N)(=O)=O)c(N)c1. The van der Waals surface area contributed by atoms with E-state index in [2.05, 4.69) is 15.5 Å². The second-order valence-electron chi connectivity index (χ2n) is 4.01. The average molecular weight is 282 g/mol. The summed E-state index contributed by atoms with van der Waals surface area (Å²) in [4.78, 5) is -0.0864. The normalized spacial score (nSPS) is 11.5. The van der Waals surface area contributed by atoms with E-state index in [1.165, 1.54) is 12.1 Å². The number of hydrogen-bond acceptors (Lipinski definition) is 6. The molecule has 0 saturated carbocycles. The zero-order chi connectivity index (χ0) is 14.0. The lowest BCUT2D eigenvalue weighted by Crippen LogP contribution is -2.14. The van der Waals surface area contributed by atoms with Gasteiger partial charge >= 0.3 is 0 Å². The fourth-order valence-electron chi connectivity index (χ4n) is 1.57. The molecule has 19 heavy (non-hydrogen) atoms. The van der Waals surface area contributed by atoms with Gasteiger partial charge in [0.15, 0.2) is 5.82 Å². The van der Waals surface area contributed by atoms with E-state index >= 15 is 0 Å². The molecule has 0 unspecified atom stereocenters. The Kier molecular flexibility index (Phi) is 3.40. The predicted molar refractivity (Wildman–Crippen MR) is 70.6 cm³/mol. The number of hydrogen-bond donors (Lipinski definition) is 3. The molecule has 0 aliphatic carbocycles. The molecule has 0 radical (unpaired) electrons. The minimum absolute atomic E-state index is 0.0864. The molecular weight excluding hydrogens is 268 g/mol. The molecule has 102 valence electrons. The largest absolute Gasteiger partial charge is 0.398 e. The fourth-order valence-corrected chi connectivity index (χ4v) is 2.21. The van der Waals surface area contributed by atoms with Crippen LogP contribution < -0.4 is 16.2 Å². The van der Waals surface area contributed by atoms with Crippen molar-refractivity contribution in [2.75, 3.05) is 11.1 Å². The third-order valence-corrected chi connectivity index (χ3v) is 3.56. The van der Waals surface area contributed by atoms with E-state index in [9.17, 15) is 8.42 Å². The van der Waals surface area contributed by atoms with E-state index in [0.717, 1.165) is 5.82 Å². The number of primary sulfonamides is 1. The minimum atomic E-state index is -3.79. The zero-order valence-corrected chi connectivity index (χ0v) is 11.1. The summed E-state index contributed by atoms with van der Waals surface area (Å²) < 4.78 is 24.2. The van der Waals surface area contributed by atoms with Gasteiger partial charge in [-0.05, 0) is 18.2 Å². The maximum atomic E-state index is 11.2. The number of nitrogens with one attached hydrogen (secondary N) is 1. The van der Waals surface area contributed by atoms with Crippen LogP contribution in [0, 0.1) is 0 Å². The summed E-state index contributed by atoms with van der Waals surface area (Å²) in [5.74, 6) is 0.745. The van der Waals surface area contributed by atoms with Crippen LogP contribution in [0.25, 0.3) is 0 Å². The van der Waals surface area contributed by atoms with Crippen LogP contribution in [0.4, 0.5) is 11.4 Å². The van der Waals surface area contributed by atoms with Crippen LogP contribution in [-0.2, 0) is 23.6 Å². The van der Waals surface area contributed by atoms with Gasteiger partial charge in [0.1, 0.15) is 11.2 Å². The van der Waals surface area contributed by atoms with Crippen molar-refractivity contribution in [1.29, 1.82) is 0 Å². The first kappa shape index (κ1) is 13.3. The molecule has 1 heterocycles. The zero-order valence-electron chi connectivity index (χ0n) is 10.2. The van der Waals surface area contributed by atoms with Crippen molar-refractivity contribution in [3.8, 4) is 0 Å². The van der Waals surface area contributed by atoms with E-state index in [4.69, 9.17) is 10.9 Å². The summed E-state index contributed by atoms with van der Waals surface area (Å²) in [6.45, 7) is 0.449. The molecule has 1 aromatic heterocycles. The first-order chi connectivity index (χ1) is 8.88. The first-order valence-electron chi connectivity index (χ1n) is 5.37. The van der Waals surface area contributed by atoms with Gasteiger partial charge in [0, 0.05) is 12.7 Å². The molecular formula is C10H14N6O2S. The van der Waals surface area contributed by atoms with Crippen LogP contribution in [0.3, 0.4) is 0 Å². The Morgan fingerprint density at radius 2 is 2.16 bits per heavy atom. The molecule has 0 bridgehead atoms. The van der Waals surface area contributed by atoms with Gasteiger partial charge in [0.2, 0.25) is 10.0 Å². The number of nitrogens with zero attached hydrogens (tertiary/aromatic N) is 3. The number of nitrogens with two attached hydrogens (primary N) is 2. The van der Waals surface area contributed by atoms with Gasteiger partial charge < -0.3 is 15.6 Å². The summed E-state index contributed by atoms with van der Waals surface area (Å²) in [6.07, 6.45) is 1.59. The lowest BCUT2D eigenvalue weighted by Gasteiger charge is -2.09. The van der Waals surface area contributed by atoms with Crippen molar-refractivity contribution in [1.82, 2.24) is 14.8 Å². The van der Waals surface area contributed by atoms with Crippen molar-refractivity contribution in [3.63, 3.8) is 0 Å². The molecule has 5 N–H and O–H groups in total. The van der Waals surface area contributed by atoms with Gasteiger partial charge in [-0.15, -0.1) is 10.2 Å². The van der Waals surface area contributed by atoms with Crippen molar-refractivity contribution >= 4 is 21.4 Å². The van der Waals surface area contributed by atoms with Crippen molar-refractivity contribution < 1.29 is 8.42 Å². The van der Waals surface area contributed by atoms with Gasteiger partial charge in [-0.3, -0.25) is 0 Å². The highest BCUT2D eigenvalue weighted by Crippen LogP contribution is 2.21. The molecule has 0 amide bonds. The maximum absolute atomic E-state index is 11.2. The second-order valence-corrected chi connectivity index (χ2v) is 5.54. The van der Waals surface area contributed by atoms with Crippen molar-refractivity contribution in [2.45, 2.75) is 11.4 Å². The molecule has 2 aromatic rings. The molecule has 0 spiro atoms. The lowest BCUT2D eigenvalue weighted by molar-refractivity contribution is 0.598. The lowest BCUT2D eigenvalue weighted by atomic mass is 10.3. The van der Waals surface area contributed by atoms with Crippen LogP contribution in [0.1, 0.15) is 5.82 Å².